The standard InChI is InChI=1S/C18H13ClN4.2ClH/c19-14-7-8-15-16(13-14)20-18(23-11-5-2-6-12-23)21-17(15)22-9-3-1-4-10-22;;/h1-13H;2*1H/q+2;;/p-2. The molecule has 25 heavy (non-hydrogen) atoms. The molecule has 126 valence electrons. The van der Waals surface area contributed by atoms with Crippen LogP contribution >= 0.6 is 11.6 Å². The summed E-state index contributed by atoms with van der Waals surface area (Å²) in [7, 11) is 0. The molecule has 0 atom stereocenters. The Morgan fingerprint density at radius 2 is 1.32 bits per heavy atom. The zero-order valence-corrected chi connectivity index (χ0v) is 15.2. The molecule has 0 aliphatic heterocycles. The summed E-state index contributed by atoms with van der Waals surface area (Å²) in [5, 5.41) is 1.61. The molecule has 3 heterocycles. The van der Waals surface area contributed by atoms with Gasteiger partial charge in [0, 0.05) is 11.1 Å². The van der Waals surface area contributed by atoms with E-state index < -0.39 is 0 Å². The fraction of sp³-hybridized carbons (Fsp3) is 0. The van der Waals surface area contributed by atoms with Crippen LogP contribution in [0, 0.1) is 0 Å². The number of benzene rings is 1. The smallest absolute Gasteiger partial charge is 0.441 e. The van der Waals surface area contributed by atoms with Gasteiger partial charge in [-0.05, 0) is 41.4 Å². The monoisotopic (exact) mass is 390 g/mol. The molecule has 0 N–H and O–H groups in total. The minimum atomic E-state index is 0. The zero-order valence-electron chi connectivity index (χ0n) is 12.9. The molecule has 0 amide bonds. The summed E-state index contributed by atoms with van der Waals surface area (Å²) in [4.78, 5) is 9.39. The first-order chi connectivity index (χ1) is 11.3. The molecule has 0 saturated heterocycles. The second-order valence-corrected chi connectivity index (χ2v) is 5.51. The molecule has 4 nitrogen and oxygen atoms in total. The fourth-order valence-corrected chi connectivity index (χ4v) is 2.62. The lowest BCUT2D eigenvalue weighted by molar-refractivity contribution is -0.613. The SMILES string of the molecule is Clc1ccc2c(-[n+]3ccccc3)nc(-[n+]3ccccc3)nc2c1.[Cl-].[Cl-]. The van der Waals surface area contributed by atoms with Crippen LogP contribution in [0.5, 0.6) is 0 Å². The van der Waals surface area contributed by atoms with Gasteiger partial charge in [0.1, 0.15) is 5.39 Å². The number of hydrogen-bond acceptors (Lipinski definition) is 2. The summed E-state index contributed by atoms with van der Waals surface area (Å²) < 4.78 is 3.86. The minimum absolute atomic E-state index is 0. The second kappa shape index (κ2) is 8.21. The quantitative estimate of drug-likeness (QED) is 0.338. The summed E-state index contributed by atoms with van der Waals surface area (Å²) in [5.74, 6) is 1.42. The van der Waals surface area contributed by atoms with Crippen molar-refractivity contribution in [1.29, 1.82) is 0 Å². The normalized spacial score (nSPS) is 9.96. The van der Waals surface area contributed by atoms with E-state index >= 15 is 0 Å². The van der Waals surface area contributed by atoms with Gasteiger partial charge in [0.2, 0.25) is 0 Å². The van der Waals surface area contributed by atoms with Crippen LogP contribution in [-0.2, 0) is 0 Å². The van der Waals surface area contributed by atoms with E-state index in [0.717, 1.165) is 16.7 Å². The number of pyridine rings is 2. The van der Waals surface area contributed by atoms with Gasteiger partial charge in [-0.25, -0.2) is 9.13 Å². The number of halogens is 3. The number of fused-ring (bicyclic) bond motifs is 1. The highest BCUT2D eigenvalue weighted by Gasteiger charge is 2.21. The Morgan fingerprint density at radius 3 is 1.96 bits per heavy atom. The maximum atomic E-state index is 6.14. The van der Waals surface area contributed by atoms with Gasteiger partial charge in [-0.1, -0.05) is 28.7 Å². The van der Waals surface area contributed by atoms with E-state index in [-0.39, 0.29) is 24.8 Å². The molecule has 3 aromatic heterocycles. The van der Waals surface area contributed by atoms with Gasteiger partial charge in [0.15, 0.2) is 5.52 Å². The van der Waals surface area contributed by atoms with Crippen LogP contribution in [0.15, 0.2) is 79.4 Å². The van der Waals surface area contributed by atoms with Gasteiger partial charge in [-0.3, -0.25) is 0 Å². The summed E-state index contributed by atoms with van der Waals surface area (Å²) in [6, 6.07) is 17.4. The number of nitrogens with zero attached hydrogens (tertiary/aromatic N) is 4. The van der Waals surface area contributed by atoms with E-state index in [1.807, 2.05) is 88.5 Å². The average molecular weight is 392 g/mol. The molecule has 0 radical (unpaired) electrons. The van der Waals surface area contributed by atoms with Crippen LogP contribution in [0.4, 0.5) is 0 Å². The third-order valence-corrected chi connectivity index (χ3v) is 3.77. The van der Waals surface area contributed by atoms with Crippen molar-refractivity contribution in [3.63, 3.8) is 0 Å². The van der Waals surface area contributed by atoms with Crippen molar-refractivity contribution in [2.45, 2.75) is 0 Å². The van der Waals surface area contributed by atoms with Crippen LogP contribution in [0.25, 0.3) is 22.7 Å². The van der Waals surface area contributed by atoms with E-state index in [1.54, 1.807) is 0 Å². The molecule has 0 fully saturated rings. The van der Waals surface area contributed by atoms with Crippen LogP contribution in [0.3, 0.4) is 0 Å². The van der Waals surface area contributed by atoms with E-state index in [4.69, 9.17) is 16.6 Å². The Labute approximate surface area is 162 Å². The summed E-state index contributed by atoms with van der Waals surface area (Å²) in [5.41, 5.74) is 0.810. The number of hydrogen-bond donors (Lipinski definition) is 0. The third kappa shape index (κ3) is 3.87. The highest BCUT2D eigenvalue weighted by molar-refractivity contribution is 6.31. The third-order valence-electron chi connectivity index (χ3n) is 3.53. The van der Waals surface area contributed by atoms with Crippen LogP contribution < -0.4 is 33.9 Å². The lowest BCUT2D eigenvalue weighted by atomic mass is 10.2. The predicted molar refractivity (Wildman–Crippen MR) is 87.6 cm³/mol. The van der Waals surface area contributed by atoms with Gasteiger partial charge in [0.05, 0.1) is 24.8 Å². The molecule has 0 spiro atoms. The molecule has 0 aliphatic carbocycles. The Morgan fingerprint density at radius 1 is 0.720 bits per heavy atom. The molecule has 0 bridgehead atoms. The Bertz CT molecular complexity index is 979. The van der Waals surface area contributed by atoms with Gasteiger partial charge in [0.25, 0.3) is 0 Å². The Kier molecular flexibility index (Phi) is 6.26. The van der Waals surface area contributed by atoms with E-state index in [0.29, 0.717) is 11.0 Å². The number of rotatable bonds is 2. The molecular formula is C18H13Cl3N4. The van der Waals surface area contributed by atoms with Gasteiger partial charge in [-0.2, -0.15) is 0 Å². The second-order valence-electron chi connectivity index (χ2n) is 5.07. The molecule has 7 heteroatoms. The van der Waals surface area contributed by atoms with Crippen molar-refractivity contribution in [3.8, 4) is 11.8 Å². The molecular weight excluding hydrogens is 379 g/mol. The van der Waals surface area contributed by atoms with Gasteiger partial charge >= 0.3 is 11.8 Å². The van der Waals surface area contributed by atoms with Crippen LogP contribution in [0.1, 0.15) is 0 Å². The van der Waals surface area contributed by atoms with Crippen molar-refractivity contribution >= 4 is 22.5 Å². The highest BCUT2D eigenvalue weighted by atomic mass is 35.5. The van der Waals surface area contributed by atoms with E-state index in [2.05, 4.69) is 4.98 Å². The summed E-state index contributed by atoms with van der Waals surface area (Å²) >= 11 is 6.14. The van der Waals surface area contributed by atoms with E-state index in [1.165, 1.54) is 0 Å². The Balaban J connectivity index is 0.00000113. The summed E-state index contributed by atoms with van der Waals surface area (Å²) in [6.07, 6.45) is 7.78. The molecule has 0 saturated carbocycles. The van der Waals surface area contributed by atoms with Gasteiger partial charge in [-0.15, -0.1) is 0 Å². The van der Waals surface area contributed by atoms with Crippen molar-refractivity contribution in [3.05, 3.63) is 84.4 Å². The molecule has 4 rings (SSSR count). The first-order valence-corrected chi connectivity index (χ1v) is 7.60. The predicted octanol–water partition coefficient (Wildman–Crippen LogP) is -3.16. The highest BCUT2D eigenvalue weighted by Crippen LogP contribution is 2.20. The average Bonchev–Trinajstić information content (AvgIpc) is 2.62. The lowest BCUT2D eigenvalue weighted by Gasteiger charge is -2.02. The number of aromatic nitrogens is 4. The molecule has 4 aromatic rings. The maximum absolute atomic E-state index is 6.14. The topological polar surface area (TPSA) is 33.5 Å². The van der Waals surface area contributed by atoms with Crippen molar-refractivity contribution < 1.29 is 33.9 Å². The van der Waals surface area contributed by atoms with Gasteiger partial charge < -0.3 is 24.8 Å². The van der Waals surface area contributed by atoms with E-state index in [9.17, 15) is 0 Å². The maximum Gasteiger partial charge on any atom is 0.441 e. The zero-order chi connectivity index (χ0) is 15.6. The largest absolute Gasteiger partial charge is 1.00 e. The Hall–Kier alpha value is -2.27. The van der Waals surface area contributed by atoms with Crippen LogP contribution in [0.2, 0.25) is 5.02 Å². The molecule has 1 aromatic carbocycles. The summed E-state index contributed by atoms with van der Waals surface area (Å²) in [6.45, 7) is 0. The van der Waals surface area contributed by atoms with Crippen molar-refractivity contribution in [2.75, 3.05) is 0 Å². The van der Waals surface area contributed by atoms with Crippen molar-refractivity contribution in [1.82, 2.24) is 9.97 Å². The lowest BCUT2D eigenvalue weighted by Crippen LogP contribution is -3.00. The van der Waals surface area contributed by atoms with Crippen molar-refractivity contribution in [2.24, 2.45) is 0 Å². The fourth-order valence-electron chi connectivity index (χ4n) is 2.46. The molecule has 0 aliphatic rings. The first kappa shape index (κ1) is 19.1. The van der Waals surface area contributed by atoms with Crippen LogP contribution in [-0.4, -0.2) is 9.97 Å². The first-order valence-electron chi connectivity index (χ1n) is 7.22. The minimum Gasteiger partial charge on any atom is -1.00 e. The molecule has 0 unspecified atom stereocenters.